The van der Waals surface area contributed by atoms with Crippen LogP contribution in [-0.4, -0.2) is 18.2 Å². The minimum Gasteiger partial charge on any atom is -0.446 e. The van der Waals surface area contributed by atoms with Crippen molar-refractivity contribution in [1.29, 1.82) is 0 Å². The number of carbonyl (C=O) groups is 1. The van der Waals surface area contributed by atoms with E-state index in [-0.39, 0.29) is 12.1 Å². The van der Waals surface area contributed by atoms with Gasteiger partial charge in [-0.05, 0) is 50.8 Å². The zero-order chi connectivity index (χ0) is 16.5. The highest BCUT2D eigenvalue weighted by Crippen LogP contribution is 2.38. The van der Waals surface area contributed by atoms with Crippen LogP contribution in [0.2, 0.25) is 0 Å². The lowest BCUT2D eigenvalue weighted by Gasteiger charge is -2.36. The highest BCUT2D eigenvalue weighted by atomic mass is 19.4. The highest BCUT2D eigenvalue weighted by Gasteiger charge is 2.36. The minimum atomic E-state index is -4.43. The van der Waals surface area contributed by atoms with Crippen LogP contribution in [0.25, 0.3) is 0 Å². The molecule has 1 heterocycles. The average Bonchev–Trinajstić information content (AvgIpc) is 2.43. The van der Waals surface area contributed by atoms with Crippen molar-refractivity contribution in [2.45, 2.75) is 58.4 Å². The van der Waals surface area contributed by atoms with Gasteiger partial charge in [0.2, 0.25) is 0 Å². The first kappa shape index (κ1) is 16.6. The zero-order valence-corrected chi connectivity index (χ0v) is 12.9. The Morgan fingerprint density at radius 2 is 2.09 bits per heavy atom. The molecule has 0 saturated heterocycles. The Morgan fingerprint density at radius 3 is 2.64 bits per heavy atom. The predicted octanol–water partition coefficient (Wildman–Crippen LogP) is 4.78. The maximum Gasteiger partial charge on any atom is 0.416 e. The Labute approximate surface area is 128 Å². The summed E-state index contributed by atoms with van der Waals surface area (Å²) in [6.45, 7) is 5.35. The van der Waals surface area contributed by atoms with E-state index in [1.165, 1.54) is 11.0 Å². The zero-order valence-electron chi connectivity index (χ0n) is 12.9. The molecule has 1 aliphatic rings. The van der Waals surface area contributed by atoms with E-state index < -0.39 is 17.8 Å². The summed E-state index contributed by atoms with van der Waals surface area (Å²) in [4.78, 5) is 13.7. The third-order valence-corrected chi connectivity index (χ3v) is 3.79. The normalized spacial score (nSPS) is 18.3. The molecule has 3 nitrogen and oxygen atoms in total. The number of halogens is 3. The van der Waals surface area contributed by atoms with Crippen LogP contribution in [0.1, 0.15) is 44.7 Å². The Morgan fingerprint density at radius 1 is 1.41 bits per heavy atom. The molecule has 0 radical (unpaired) electrons. The van der Waals surface area contributed by atoms with Gasteiger partial charge in [-0.25, -0.2) is 4.79 Å². The third-order valence-electron chi connectivity index (χ3n) is 3.79. The summed E-state index contributed by atoms with van der Waals surface area (Å²) in [5.41, 5.74) is 0.322. The fraction of sp³-hybridized carbons (Fsp3) is 0.562. The van der Waals surface area contributed by atoms with Crippen LogP contribution in [0.3, 0.4) is 0 Å². The van der Waals surface area contributed by atoms with Gasteiger partial charge in [-0.1, -0.05) is 13.0 Å². The molecule has 0 aromatic heterocycles. The molecule has 2 rings (SSSR count). The monoisotopic (exact) mass is 315 g/mol. The van der Waals surface area contributed by atoms with E-state index in [1.54, 1.807) is 13.8 Å². The summed E-state index contributed by atoms with van der Waals surface area (Å²) in [7, 11) is 0. The number of hydrogen-bond donors (Lipinski definition) is 0. The number of aryl methyl sites for hydroxylation is 1. The molecule has 6 heteroatoms. The van der Waals surface area contributed by atoms with Gasteiger partial charge in [-0.2, -0.15) is 13.2 Å². The largest absolute Gasteiger partial charge is 0.446 e. The lowest BCUT2D eigenvalue weighted by atomic mass is 9.93. The van der Waals surface area contributed by atoms with Crippen molar-refractivity contribution in [1.82, 2.24) is 0 Å². The van der Waals surface area contributed by atoms with E-state index in [2.05, 4.69) is 0 Å². The van der Waals surface area contributed by atoms with Gasteiger partial charge in [0.1, 0.15) is 0 Å². The lowest BCUT2D eigenvalue weighted by Crippen LogP contribution is -2.44. The van der Waals surface area contributed by atoms with Gasteiger partial charge in [0.05, 0.1) is 17.4 Å². The van der Waals surface area contributed by atoms with Gasteiger partial charge >= 0.3 is 12.3 Å². The van der Waals surface area contributed by atoms with Gasteiger partial charge in [-0.15, -0.1) is 0 Å². The Hall–Kier alpha value is -1.72. The van der Waals surface area contributed by atoms with Gasteiger partial charge in [0.25, 0.3) is 0 Å². The van der Waals surface area contributed by atoms with E-state index in [0.29, 0.717) is 18.5 Å². The summed E-state index contributed by atoms with van der Waals surface area (Å²) in [5.74, 6) is 0. The van der Waals surface area contributed by atoms with Crippen LogP contribution >= 0.6 is 0 Å². The summed E-state index contributed by atoms with van der Waals surface area (Å²) in [6.07, 6.45) is -3.27. The van der Waals surface area contributed by atoms with E-state index in [0.717, 1.165) is 24.1 Å². The molecule has 0 bridgehead atoms. The van der Waals surface area contributed by atoms with E-state index in [9.17, 15) is 18.0 Å². The molecule has 1 aromatic carbocycles. The summed E-state index contributed by atoms with van der Waals surface area (Å²) in [6, 6.07) is 3.44. The van der Waals surface area contributed by atoms with Gasteiger partial charge < -0.3 is 4.74 Å². The standard InChI is InChI=1S/C16H20F3NO2/c1-4-13-8-6-11-5-7-12(16(17,18)19)9-14(11)20(13)15(21)22-10(2)3/h5,7,9-10,13H,4,6,8H2,1-3H3. The van der Waals surface area contributed by atoms with E-state index in [4.69, 9.17) is 4.74 Å². The van der Waals surface area contributed by atoms with Crippen LogP contribution in [0, 0.1) is 0 Å². The Kier molecular flexibility index (Phi) is 4.68. The second-order valence-electron chi connectivity index (χ2n) is 5.74. The van der Waals surface area contributed by atoms with Gasteiger partial charge in [0.15, 0.2) is 0 Å². The number of benzene rings is 1. The first-order chi connectivity index (χ1) is 10.2. The van der Waals surface area contributed by atoms with E-state index >= 15 is 0 Å². The number of alkyl halides is 3. The van der Waals surface area contributed by atoms with Crippen molar-refractivity contribution in [3.63, 3.8) is 0 Å². The molecule has 0 aliphatic carbocycles. The molecule has 1 amide bonds. The number of anilines is 1. The molecule has 1 unspecified atom stereocenters. The topological polar surface area (TPSA) is 29.5 Å². The molecular weight excluding hydrogens is 295 g/mol. The maximum absolute atomic E-state index is 12.9. The number of carbonyl (C=O) groups excluding carboxylic acids is 1. The first-order valence-corrected chi connectivity index (χ1v) is 7.44. The van der Waals surface area contributed by atoms with Crippen LogP contribution < -0.4 is 4.90 Å². The summed E-state index contributed by atoms with van der Waals surface area (Å²) in [5, 5.41) is 0. The fourth-order valence-electron chi connectivity index (χ4n) is 2.72. The number of hydrogen-bond acceptors (Lipinski definition) is 2. The molecular formula is C16H20F3NO2. The number of nitrogens with zero attached hydrogens (tertiary/aromatic N) is 1. The molecule has 1 aromatic rings. The van der Waals surface area contributed by atoms with Crippen molar-refractivity contribution in [3.8, 4) is 0 Å². The molecule has 122 valence electrons. The van der Waals surface area contributed by atoms with Gasteiger partial charge in [-0.3, -0.25) is 4.90 Å². The number of fused-ring (bicyclic) bond motifs is 1. The second-order valence-corrected chi connectivity index (χ2v) is 5.74. The minimum absolute atomic E-state index is 0.137. The number of ether oxygens (including phenoxy) is 1. The second kappa shape index (κ2) is 6.18. The van der Waals surface area contributed by atoms with Crippen molar-refractivity contribution in [2.75, 3.05) is 4.90 Å². The quantitative estimate of drug-likeness (QED) is 0.786. The van der Waals surface area contributed by atoms with Crippen LogP contribution in [-0.2, 0) is 17.3 Å². The van der Waals surface area contributed by atoms with Crippen LogP contribution in [0.15, 0.2) is 18.2 Å². The van der Waals surface area contributed by atoms with Crippen molar-refractivity contribution in [3.05, 3.63) is 29.3 Å². The maximum atomic E-state index is 12.9. The van der Waals surface area contributed by atoms with Gasteiger partial charge in [0, 0.05) is 6.04 Å². The third kappa shape index (κ3) is 3.36. The van der Waals surface area contributed by atoms with Crippen LogP contribution in [0.4, 0.5) is 23.7 Å². The highest BCUT2D eigenvalue weighted by molar-refractivity contribution is 5.90. The summed E-state index contributed by atoms with van der Waals surface area (Å²) >= 11 is 0. The summed E-state index contributed by atoms with van der Waals surface area (Å²) < 4.78 is 44.0. The number of amides is 1. The van der Waals surface area contributed by atoms with Crippen molar-refractivity contribution < 1.29 is 22.7 Å². The average molecular weight is 315 g/mol. The molecule has 1 aliphatic heterocycles. The SMILES string of the molecule is CCC1CCc2ccc(C(F)(F)F)cc2N1C(=O)OC(C)C. The lowest BCUT2D eigenvalue weighted by molar-refractivity contribution is -0.137. The van der Waals surface area contributed by atoms with Crippen LogP contribution in [0.5, 0.6) is 0 Å². The predicted molar refractivity (Wildman–Crippen MR) is 77.9 cm³/mol. The van der Waals surface area contributed by atoms with Crippen molar-refractivity contribution in [2.24, 2.45) is 0 Å². The smallest absolute Gasteiger partial charge is 0.416 e. The molecule has 0 saturated carbocycles. The van der Waals surface area contributed by atoms with Crippen molar-refractivity contribution >= 4 is 11.8 Å². The van der Waals surface area contributed by atoms with E-state index in [1.807, 2.05) is 6.92 Å². The molecule has 0 fully saturated rings. The molecule has 1 atom stereocenters. The molecule has 0 spiro atoms. The Bertz CT molecular complexity index is 555. The fourth-order valence-corrected chi connectivity index (χ4v) is 2.72. The Balaban J connectivity index is 2.45. The first-order valence-electron chi connectivity index (χ1n) is 7.44. The molecule has 22 heavy (non-hydrogen) atoms. The molecule has 0 N–H and O–H groups in total. The number of rotatable bonds is 2.